The van der Waals surface area contributed by atoms with Crippen LogP contribution in [0.1, 0.15) is 32.8 Å². The maximum atomic E-state index is 13.5. The maximum absolute atomic E-state index is 13.5. The summed E-state index contributed by atoms with van der Waals surface area (Å²) in [7, 11) is -0.290. The zero-order chi connectivity index (χ0) is 26.7. The molecule has 3 aromatic rings. The van der Waals surface area contributed by atoms with Crippen molar-refractivity contribution in [2.75, 3.05) is 35.8 Å². The molecule has 2 aromatic carbocycles. The van der Waals surface area contributed by atoms with Crippen LogP contribution >= 0.6 is 0 Å². The molecule has 10 heteroatoms. The number of nitrogens with one attached hydrogen (secondary N) is 1. The normalized spacial score (nSPS) is 15.9. The van der Waals surface area contributed by atoms with E-state index in [0.29, 0.717) is 35.5 Å². The third-order valence-corrected chi connectivity index (χ3v) is 8.20. The van der Waals surface area contributed by atoms with E-state index in [-0.39, 0.29) is 17.7 Å². The molecule has 1 aliphatic rings. The predicted octanol–water partition coefficient (Wildman–Crippen LogP) is 4.53. The van der Waals surface area contributed by atoms with E-state index in [2.05, 4.69) is 29.0 Å². The molecule has 0 bridgehead atoms. The van der Waals surface area contributed by atoms with Crippen molar-refractivity contribution < 1.29 is 13.2 Å². The van der Waals surface area contributed by atoms with Crippen LogP contribution in [0.15, 0.2) is 60.8 Å². The Kier molecular flexibility index (Phi) is 7.79. The lowest BCUT2D eigenvalue weighted by Crippen LogP contribution is -2.51. The first-order chi connectivity index (χ1) is 17.6. The van der Waals surface area contributed by atoms with Gasteiger partial charge in [0.1, 0.15) is 11.7 Å². The summed E-state index contributed by atoms with van der Waals surface area (Å²) in [5.41, 5.74) is 2.85. The Labute approximate surface area is 219 Å². The molecule has 1 aliphatic heterocycles. The number of carbonyl (C=O) groups is 1. The highest BCUT2D eigenvalue weighted by molar-refractivity contribution is 7.88. The lowest BCUT2D eigenvalue weighted by Gasteiger charge is -2.40. The largest absolute Gasteiger partial charge is 0.343 e. The number of anilines is 5. The van der Waals surface area contributed by atoms with E-state index < -0.39 is 10.0 Å². The lowest BCUT2D eigenvalue weighted by molar-refractivity contribution is -0.119. The lowest BCUT2D eigenvalue weighted by atomic mass is 10.1. The van der Waals surface area contributed by atoms with Gasteiger partial charge in [-0.2, -0.15) is 4.98 Å². The Morgan fingerprint density at radius 1 is 1.05 bits per heavy atom. The van der Waals surface area contributed by atoms with Crippen LogP contribution in [0.2, 0.25) is 0 Å². The van der Waals surface area contributed by atoms with Crippen molar-refractivity contribution in [2.45, 2.75) is 39.0 Å². The standard InChI is InChI=1S/C27H34N6O3S/c1-19(2)15-16-32-20(3)26(34)33(23-9-7-6-8-10-23)24-17-28-27(30-25(24)32)29-22-13-11-21(12-14-22)18-37(35,36)31(4)5/h6-14,17,19-20H,15-16,18H2,1-5H3,(H,28,29,30). The summed E-state index contributed by atoms with van der Waals surface area (Å²) in [6.45, 7) is 6.94. The third kappa shape index (κ3) is 5.91. The van der Waals surface area contributed by atoms with Crippen molar-refractivity contribution >= 4 is 44.8 Å². The predicted molar refractivity (Wildman–Crippen MR) is 148 cm³/mol. The first kappa shape index (κ1) is 26.6. The van der Waals surface area contributed by atoms with Crippen LogP contribution in [0.4, 0.5) is 28.8 Å². The number of hydrogen-bond acceptors (Lipinski definition) is 7. The second-order valence-electron chi connectivity index (χ2n) is 9.82. The van der Waals surface area contributed by atoms with Gasteiger partial charge in [0.15, 0.2) is 5.82 Å². The van der Waals surface area contributed by atoms with E-state index in [0.717, 1.165) is 17.8 Å². The van der Waals surface area contributed by atoms with E-state index in [9.17, 15) is 13.2 Å². The average molecular weight is 523 g/mol. The van der Waals surface area contributed by atoms with Gasteiger partial charge in [0.05, 0.1) is 11.9 Å². The number of amides is 1. The Morgan fingerprint density at radius 2 is 1.73 bits per heavy atom. The summed E-state index contributed by atoms with van der Waals surface area (Å²) in [5, 5.41) is 3.22. The molecule has 37 heavy (non-hydrogen) atoms. The van der Waals surface area contributed by atoms with Crippen molar-refractivity contribution in [3.63, 3.8) is 0 Å². The summed E-state index contributed by atoms with van der Waals surface area (Å²) >= 11 is 0. The molecule has 0 saturated carbocycles. The molecule has 4 rings (SSSR count). The second-order valence-corrected chi connectivity index (χ2v) is 12.0. The molecule has 1 aromatic heterocycles. The molecule has 0 saturated heterocycles. The Morgan fingerprint density at radius 3 is 2.35 bits per heavy atom. The molecule has 0 radical (unpaired) electrons. The fraction of sp³-hybridized carbons (Fsp3) is 0.370. The van der Waals surface area contributed by atoms with E-state index in [4.69, 9.17) is 4.98 Å². The van der Waals surface area contributed by atoms with Gasteiger partial charge >= 0.3 is 0 Å². The number of fused-ring (bicyclic) bond motifs is 1. The average Bonchev–Trinajstić information content (AvgIpc) is 2.86. The maximum Gasteiger partial charge on any atom is 0.254 e. The molecular formula is C27H34N6O3S. The topological polar surface area (TPSA) is 98.7 Å². The van der Waals surface area contributed by atoms with Crippen molar-refractivity contribution in [1.29, 1.82) is 0 Å². The first-order valence-corrected chi connectivity index (χ1v) is 14.0. The van der Waals surface area contributed by atoms with Crippen LogP contribution in [0, 0.1) is 5.92 Å². The molecule has 2 heterocycles. The highest BCUT2D eigenvalue weighted by Gasteiger charge is 2.37. The molecular weight excluding hydrogens is 488 g/mol. The van der Waals surface area contributed by atoms with Crippen molar-refractivity contribution in [1.82, 2.24) is 14.3 Å². The van der Waals surface area contributed by atoms with Gasteiger partial charge in [0.2, 0.25) is 16.0 Å². The van der Waals surface area contributed by atoms with E-state index in [1.54, 1.807) is 23.2 Å². The fourth-order valence-electron chi connectivity index (χ4n) is 4.11. The Hall–Kier alpha value is -3.50. The van der Waals surface area contributed by atoms with Gasteiger partial charge in [-0.05, 0) is 49.1 Å². The van der Waals surface area contributed by atoms with Gasteiger partial charge in [-0.25, -0.2) is 17.7 Å². The minimum absolute atomic E-state index is 0.0185. The summed E-state index contributed by atoms with van der Waals surface area (Å²) in [6.07, 6.45) is 2.61. The van der Waals surface area contributed by atoms with Crippen LogP contribution in [0.25, 0.3) is 0 Å². The zero-order valence-corrected chi connectivity index (χ0v) is 22.7. The number of sulfonamides is 1. The molecule has 0 aliphatic carbocycles. The van der Waals surface area contributed by atoms with Gasteiger partial charge in [-0.1, -0.05) is 44.2 Å². The van der Waals surface area contributed by atoms with E-state index in [1.807, 2.05) is 49.4 Å². The summed E-state index contributed by atoms with van der Waals surface area (Å²) < 4.78 is 25.6. The van der Waals surface area contributed by atoms with E-state index in [1.165, 1.54) is 18.4 Å². The van der Waals surface area contributed by atoms with Crippen LogP contribution in [0.3, 0.4) is 0 Å². The van der Waals surface area contributed by atoms with E-state index >= 15 is 0 Å². The number of nitrogens with zero attached hydrogens (tertiary/aromatic N) is 5. The number of aromatic nitrogens is 2. The number of para-hydroxylation sites is 1. The van der Waals surface area contributed by atoms with Crippen LogP contribution < -0.4 is 15.1 Å². The molecule has 1 N–H and O–H groups in total. The third-order valence-electron chi connectivity index (χ3n) is 6.39. The number of hydrogen-bond donors (Lipinski definition) is 1. The Bertz CT molecular complexity index is 1340. The summed E-state index contributed by atoms with van der Waals surface area (Å²) in [5.74, 6) is 1.49. The zero-order valence-electron chi connectivity index (χ0n) is 21.9. The van der Waals surface area contributed by atoms with Crippen molar-refractivity contribution in [3.8, 4) is 0 Å². The van der Waals surface area contributed by atoms with Crippen LogP contribution in [-0.2, 0) is 20.6 Å². The molecule has 0 spiro atoms. The van der Waals surface area contributed by atoms with Crippen molar-refractivity contribution in [3.05, 3.63) is 66.4 Å². The van der Waals surface area contributed by atoms with Gasteiger partial charge in [-0.15, -0.1) is 0 Å². The minimum atomic E-state index is -3.34. The fourth-order valence-corrected chi connectivity index (χ4v) is 4.98. The highest BCUT2D eigenvalue weighted by atomic mass is 32.2. The van der Waals surface area contributed by atoms with Gasteiger partial charge in [0.25, 0.3) is 5.91 Å². The van der Waals surface area contributed by atoms with Crippen LogP contribution in [0.5, 0.6) is 0 Å². The smallest absolute Gasteiger partial charge is 0.254 e. The molecule has 1 unspecified atom stereocenters. The molecule has 1 atom stereocenters. The van der Waals surface area contributed by atoms with Gasteiger partial charge in [-0.3, -0.25) is 9.69 Å². The number of benzene rings is 2. The number of carbonyl (C=O) groups excluding carboxylic acids is 1. The SMILES string of the molecule is CC(C)CCN1c2nc(Nc3ccc(CS(=O)(=O)N(C)C)cc3)ncc2N(c2ccccc2)C(=O)C1C. The highest BCUT2D eigenvalue weighted by Crippen LogP contribution is 2.39. The van der Waals surface area contributed by atoms with Gasteiger partial charge < -0.3 is 10.2 Å². The molecule has 1 amide bonds. The number of rotatable bonds is 9. The monoisotopic (exact) mass is 522 g/mol. The van der Waals surface area contributed by atoms with Gasteiger partial charge in [0, 0.05) is 32.0 Å². The Balaban J connectivity index is 1.65. The molecule has 0 fully saturated rings. The summed E-state index contributed by atoms with van der Waals surface area (Å²) in [6, 6.07) is 16.3. The minimum Gasteiger partial charge on any atom is -0.343 e. The molecule has 9 nitrogen and oxygen atoms in total. The quantitative estimate of drug-likeness (QED) is 0.441. The van der Waals surface area contributed by atoms with Crippen molar-refractivity contribution in [2.24, 2.45) is 5.92 Å². The summed E-state index contributed by atoms with van der Waals surface area (Å²) in [4.78, 5) is 26.6. The first-order valence-electron chi connectivity index (χ1n) is 12.4. The molecule has 196 valence electrons. The van der Waals surface area contributed by atoms with Crippen LogP contribution in [-0.4, -0.2) is 55.3 Å². The second kappa shape index (κ2) is 10.9.